The van der Waals surface area contributed by atoms with Gasteiger partial charge in [-0.05, 0) is 18.9 Å². The normalized spacial score (nSPS) is 11.1. The Bertz CT molecular complexity index is 788. The highest BCUT2D eigenvalue weighted by Crippen LogP contribution is 2.24. The Kier molecular flexibility index (Phi) is 12.7. The van der Waals surface area contributed by atoms with Crippen LogP contribution in [0.2, 0.25) is 0 Å². The SMILES string of the molecule is CCCCCCCCCCCCCC(=O)n1nc(OCCOC)nc1-c1ccccc1C. The molecule has 2 aromatic rings. The Morgan fingerprint density at radius 2 is 1.53 bits per heavy atom. The van der Waals surface area contributed by atoms with Crippen molar-refractivity contribution in [1.82, 2.24) is 14.8 Å². The lowest BCUT2D eigenvalue weighted by Gasteiger charge is -2.07. The van der Waals surface area contributed by atoms with Crippen molar-refractivity contribution in [1.29, 1.82) is 0 Å². The van der Waals surface area contributed by atoms with E-state index in [9.17, 15) is 4.79 Å². The van der Waals surface area contributed by atoms with Gasteiger partial charge in [0.05, 0.1) is 6.61 Å². The fraction of sp³-hybridized carbons (Fsp3) is 0.654. The van der Waals surface area contributed by atoms with Crippen molar-refractivity contribution in [2.24, 2.45) is 0 Å². The summed E-state index contributed by atoms with van der Waals surface area (Å²) >= 11 is 0. The summed E-state index contributed by atoms with van der Waals surface area (Å²) in [5.41, 5.74) is 1.95. The van der Waals surface area contributed by atoms with Crippen molar-refractivity contribution in [3.63, 3.8) is 0 Å². The molecule has 1 heterocycles. The summed E-state index contributed by atoms with van der Waals surface area (Å²) in [6, 6.07) is 8.11. The summed E-state index contributed by atoms with van der Waals surface area (Å²) < 4.78 is 12.0. The molecule has 0 spiro atoms. The predicted octanol–water partition coefficient (Wildman–Crippen LogP) is 6.62. The van der Waals surface area contributed by atoms with Gasteiger partial charge in [0.2, 0.25) is 5.91 Å². The van der Waals surface area contributed by atoms with Crippen LogP contribution in [0.1, 0.15) is 94.3 Å². The van der Waals surface area contributed by atoms with Gasteiger partial charge in [-0.3, -0.25) is 4.79 Å². The molecule has 2 rings (SSSR count). The maximum absolute atomic E-state index is 12.9. The van der Waals surface area contributed by atoms with Gasteiger partial charge in [-0.25, -0.2) is 0 Å². The smallest absolute Gasteiger partial charge is 0.336 e. The van der Waals surface area contributed by atoms with Crippen LogP contribution in [-0.4, -0.2) is 41.0 Å². The molecule has 178 valence electrons. The van der Waals surface area contributed by atoms with Crippen molar-refractivity contribution < 1.29 is 14.3 Å². The molecule has 0 saturated carbocycles. The first-order chi connectivity index (χ1) is 15.7. The third-order valence-electron chi connectivity index (χ3n) is 5.72. The molecule has 6 heteroatoms. The molecular formula is C26H41N3O3. The number of rotatable bonds is 17. The van der Waals surface area contributed by atoms with Gasteiger partial charge in [0, 0.05) is 19.1 Å². The van der Waals surface area contributed by atoms with Crippen molar-refractivity contribution in [3.8, 4) is 17.4 Å². The zero-order valence-electron chi connectivity index (χ0n) is 20.3. The monoisotopic (exact) mass is 443 g/mol. The van der Waals surface area contributed by atoms with E-state index in [2.05, 4.69) is 17.0 Å². The lowest BCUT2D eigenvalue weighted by Crippen LogP contribution is -2.14. The Morgan fingerprint density at radius 3 is 2.16 bits per heavy atom. The maximum atomic E-state index is 12.9. The molecular weight excluding hydrogens is 402 g/mol. The largest absolute Gasteiger partial charge is 0.460 e. The van der Waals surface area contributed by atoms with Gasteiger partial charge in [0.25, 0.3) is 0 Å². The lowest BCUT2D eigenvalue weighted by molar-refractivity contribution is 0.0881. The van der Waals surface area contributed by atoms with E-state index in [4.69, 9.17) is 9.47 Å². The molecule has 32 heavy (non-hydrogen) atoms. The molecule has 6 nitrogen and oxygen atoms in total. The predicted molar refractivity (Wildman–Crippen MR) is 129 cm³/mol. The molecule has 1 aromatic heterocycles. The van der Waals surface area contributed by atoms with E-state index in [1.165, 1.54) is 62.5 Å². The van der Waals surface area contributed by atoms with Crippen LogP contribution in [0.5, 0.6) is 6.01 Å². The van der Waals surface area contributed by atoms with Crippen LogP contribution >= 0.6 is 0 Å². The Hall–Kier alpha value is -2.21. The summed E-state index contributed by atoms with van der Waals surface area (Å²) in [4.78, 5) is 17.4. The van der Waals surface area contributed by atoms with E-state index in [1.807, 2.05) is 31.2 Å². The van der Waals surface area contributed by atoms with Crippen LogP contribution in [0.25, 0.3) is 11.4 Å². The van der Waals surface area contributed by atoms with Crippen LogP contribution in [0.3, 0.4) is 0 Å². The highest BCUT2D eigenvalue weighted by Gasteiger charge is 2.19. The van der Waals surface area contributed by atoms with Gasteiger partial charge in [0.15, 0.2) is 5.82 Å². The summed E-state index contributed by atoms with van der Waals surface area (Å²) in [6.07, 6.45) is 14.3. The van der Waals surface area contributed by atoms with E-state index in [0.717, 1.165) is 24.0 Å². The number of nitrogens with zero attached hydrogens (tertiary/aromatic N) is 3. The summed E-state index contributed by atoms with van der Waals surface area (Å²) in [6.45, 7) is 5.06. The minimum absolute atomic E-state index is 0.0340. The molecule has 0 bridgehead atoms. The number of unbranched alkanes of at least 4 members (excludes halogenated alkanes) is 10. The topological polar surface area (TPSA) is 66.2 Å². The third-order valence-corrected chi connectivity index (χ3v) is 5.72. The molecule has 0 saturated heterocycles. The molecule has 0 fully saturated rings. The molecule has 0 radical (unpaired) electrons. The fourth-order valence-electron chi connectivity index (χ4n) is 3.79. The number of carbonyl (C=O) groups is 1. The maximum Gasteiger partial charge on any atom is 0.336 e. The van der Waals surface area contributed by atoms with Crippen molar-refractivity contribution in [2.75, 3.05) is 20.3 Å². The van der Waals surface area contributed by atoms with Crippen molar-refractivity contribution in [3.05, 3.63) is 29.8 Å². The highest BCUT2D eigenvalue weighted by molar-refractivity contribution is 5.82. The van der Waals surface area contributed by atoms with Crippen LogP contribution in [-0.2, 0) is 4.74 Å². The lowest BCUT2D eigenvalue weighted by atomic mass is 10.1. The molecule has 0 aliphatic rings. The molecule has 1 aromatic carbocycles. The second-order valence-electron chi connectivity index (χ2n) is 8.47. The molecule has 0 aliphatic heterocycles. The van der Waals surface area contributed by atoms with Gasteiger partial charge in [-0.1, -0.05) is 95.4 Å². The van der Waals surface area contributed by atoms with Gasteiger partial charge in [-0.2, -0.15) is 9.67 Å². The number of methoxy groups -OCH3 is 1. The number of aromatic nitrogens is 3. The zero-order valence-corrected chi connectivity index (χ0v) is 20.3. The van der Waals surface area contributed by atoms with E-state index < -0.39 is 0 Å². The van der Waals surface area contributed by atoms with Crippen molar-refractivity contribution in [2.45, 2.75) is 90.9 Å². The van der Waals surface area contributed by atoms with Gasteiger partial charge < -0.3 is 9.47 Å². The third kappa shape index (κ3) is 9.11. The van der Waals surface area contributed by atoms with Crippen LogP contribution in [0.4, 0.5) is 0 Å². The Labute approximate surface area is 193 Å². The first-order valence-electron chi connectivity index (χ1n) is 12.3. The average molecular weight is 444 g/mol. The minimum atomic E-state index is -0.0340. The average Bonchev–Trinajstić information content (AvgIpc) is 3.22. The van der Waals surface area contributed by atoms with E-state index in [1.54, 1.807) is 7.11 Å². The first kappa shape index (κ1) is 26.0. The zero-order chi connectivity index (χ0) is 23.0. The summed E-state index contributed by atoms with van der Waals surface area (Å²) in [5, 5.41) is 4.35. The molecule has 0 N–H and O–H groups in total. The second kappa shape index (κ2) is 15.6. The molecule has 0 unspecified atom stereocenters. The highest BCUT2D eigenvalue weighted by atomic mass is 16.5. The number of ether oxygens (including phenoxy) is 2. The Morgan fingerprint density at radius 1 is 0.906 bits per heavy atom. The number of benzene rings is 1. The van der Waals surface area contributed by atoms with Crippen molar-refractivity contribution >= 4 is 5.91 Å². The number of hydrogen-bond donors (Lipinski definition) is 0. The number of hydrogen-bond acceptors (Lipinski definition) is 5. The van der Waals surface area contributed by atoms with E-state index in [-0.39, 0.29) is 11.9 Å². The van der Waals surface area contributed by atoms with Gasteiger partial charge in [-0.15, -0.1) is 5.10 Å². The Balaban J connectivity index is 1.82. The summed E-state index contributed by atoms with van der Waals surface area (Å²) in [5.74, 6) is 0.511. The quantitative estimate of drug-likeness (QED) is 0.257. The van der Waals surface area contributed by atoms with Crippen LogP contribution in [0.15, 0.2) is 24.3 Å². The number of aryl methyl sites for hydroxylation is 1. The van der Waals surface area contributed by atoms with Gasteiger partial charge in [0.1, 0.15) is 6.61 Å². The van der Waals surface area contributed by atoms with Crippen LogP contribution in [0, 0.1) is 6.92 Å². The van der Waals surface area contributed by atoms with Crippen LogP contribution < -0.4 is 4.74 Å². The standard InChI is InChI=1S/C26H41N3O3/c1-4-5-6-7-8-9-10-11-12-13-14-19-24(30)29-25(23-18-16-15-17-22(23)2)27-26(28-29)32-21-20-31-3/h15-18H,4-14,19-21H2,1-3H3. The number of carbonyl (C=O) groups excluding carboxylic acids is 1. The fourth-order valence-corrected chi connectivity index (χ4v) is 3.79. The van der Waals surface area contributed by atoms with Gasteiger partial charge >= 0.3 is 6.01 Å². The van der Waals surface area contributed by atoms with E-state index >= 15 is 0 Å². The minimum Gasteiger partial charge on any atom is -0.460 e. The first-order valence-corrected chi connectivity index (χ1v) is 12.3. The molecule has 0 aliphatic carbocycles. The molecule has 0 atom stereocenters. The second-order valence-corrected chi connectivity index (χ2v) is 8.47. The summed E-state index contributed by atoms with van der Waals surface area (Å²) in [7, 11) is 1.62. The van der Waals surface area contributed by atoms with E-state index in [0.29, 0.717) is 25.5 Å². The molecule has 0 amide bonds.